The normalized spacial score (nSPS) is 20.3. The molecule has 0 spiro atoms. The van der Waals surface area contributed by atoms with Crippen LogP contribution in [-0.4, -0.2) is 99.7 Å². The van der Waals surface area contributed by atoms with Crippen molar-refractivity contribution in [2.75, 3.05) is 66.3 Å². The van der Waals surface area contributed by atoms with Crippen molar-refractivity contribution in [1.29, 1.82) is 0 Å². The van der Waals surface area contributed by atoms with E-state index < -0.39 is 30.0 Å². The van der Waals surface area contributed by atoms with Crippen molar-refractivity contribution in [3.05, 3.63) is 66.0 Å². The molecule has 3 aliphatic rings. The average molecular weight is 936 g/mol. The summed E-state index contributed by atoms with van der Waals surface area (Å²) in [5.74, 6) is -1.05. The number of fused-ring (bicyclic) bond motifs is 1. The first-order valence-corrected chi connectivity index (χ1v) is 24.2. The Bertz CT molecular complexity index is 2870. The maximum absolute atomic E-state index is 14.8. The van der Waals surface area contributed by atoms with Crippen LogP contribution in [0, 0.1) is 17.8 Å². The number of Topliss-reactive ketones (excluding diaryl/α,β-unsaturated/α-hetero) is 3. The zero-order chi connectivity index (χ0) is 48.4. The third kappa shape index (κ3) is 9.11. The maximum Gasteiger partial charge on any atom is 0.190 e. The van der Waals surface area contributed by atoms with Gasteiger partial charge in [0.15, 0.2) is 10.9 Å². The van der Waals surface area contributed by atoms with Crippen LogP contribution in [0.2, 0.25) is 0 Å². The molecule has 0 bridgehead atoms. The lowest BCUT2D eigenvalue weighted by atomic mass is 9.78. The smallest absolute Gasteiger partial charge is 0.190 e. The summed E-state index contributed by atoms with van der Waals surface area (Å²) in [5, 5.41) is 41.3. The monoisotopic (exact) mass is 935 g/mol. The van der Waals surface area contributed by atoms with Gasteiger partial charge in [-0.15, -0.1) is 0 Å². The number of nitrogens with one attached hydrogen (secondary N) is 1. The molecule has 0 radical (unpaired) electrons. The predicted octanol–water partition coefficient (Wildman–Crippen LogP) is 7.25. The molecule has 14 nitrogen and oxygen atoms in total. The quantitative estimate of drug-likeness (QED) is 0.0274. The van der Waals surface area contributed by atoms with Crippen LogP contribution < -0.4 is 20.9 Å². The first-order chi connectivity index (χ1) is 32.9. The summed E-state index contributed by atoms with van der Waals surface area (Å²) < 4.78 is 27.6. The molecule has 68 heavy (non-hydrogen) atoms. The number of aromatic hydroxyl groups is 1. The molecule has 8 rings (SSSR count). The third-order valence-electron chi connectivity index (χ3n) is 14.9. The number of methoxy groups -OCH3 is 3. The largest absolute Gasteiger partial charge is 0.507 e. The van der Waals surface area contributed by atoms with Gasteiger partial charge in [-0.25, -0.2) is 0 Å². The number of hydrogen-bond acceptors (Lipinski definition) is 14. The Morgan fingerprint density at radius 3 is 1.84 bits per heavy atom. The van der Waals surface area contributed by atoms with Crippen LogP contribution in [0.15, 0.2) is 27.3 Å². The van der Waals surface area contributed by atoms with Gasteiger partial charge in [0.1, 0.15) is 28.8 Å². The molecule has 5 aromatic carbocycles. The highest BCUT2D eigenvalue weighted by molar-refractivity contribution is 6.39. The number of allylic oxidation sites excluding steroid dienone is 1. The molecule has 0 heterocycles. The van der Waals surface area contributed by atoms with E-state index in [9.17, 15) is 39.3 Å². The number of anilines is 1. The SMILES string of the molecule is COCCOCCCC(=O)C1CCC(Cc2c(O)c3c(=O)cc(CO)c4c5c(CO)cc(=O)c6c(NC7CCC(C(=O)CCCOCCOC)C7)c(OC)c7c(c(c2C=C(C)C7C(C)=O)c34)c65)C1. The van der Waals surface area contributed by atoms with Crippen molar-refractivity contribution in [2.45, 2.75) is 110 Å². The first kappa shape index (κ1) is 49.3. The first-order valence-electron chi connectivity index (χ1n) is 24.2. The summed E-state index contributed by atoms with van der Waals surface area (Å²) in [7, 11) is 4.72. The number of aliphatic hydroxyl groups excluding tert-OH is 2. The number of phenolic OH excluding ortho intramolecular Hbond substituents is 1. The van der Waals surface area contributed by atoms with Crippen LogP contribution in [0.4, 0.5) is 5.69 Å². The van der Waals surface area contributed by atoms with E-state index in [4.69, 9.17) is 23.7 Å². The number of carbonyl (C=O) groups excluding carboxylic acids is 3. The summed E-state index contributed by atoms with van der Waals surface area (Å²) in [6.45, 7) is 5.09. The van der Waals surface area contributed by atoms with Crippen molar-refractivity contribution in [2.24, 2.45) is 17.8 Å². The highest BCUT2D eigenvalue weighted by Gasteiger charge is 2.39. The molecule has 5 unspecified atom stereocenters. The van der Waals surface area contributed by atoms with E-state index in [0.29, 0.717) is 164 Å². The van der Waals surface area contributed by atoms with Gasteiger partial charge in [0, 0.05) is 80.1 Å². The van der Waals surface area contributed by atoms with Crippen LogP contribution in [-0.2, 0) is 53.0 Å². The van der Waals surface area contributed by atoms with Crippen molar-refractivity contribution >= 4 is 72.2 Å². The Balaban J connectivity index is 1.30. The van der Waals surface area contributed by atoms with Gasteiger partial charge in [-0.1, -0.05) is 11.6 Å². The molecule has 5 atom stereocenters. The van der Waals surface area contributed by atoms with Gasteiger partial charge in [-0.2, -0.15) is 0 Å². The molecule has 0 aliphatic heterocycles. The van der Waals surface area contributed by atoms with Crippen LogP contribution >= 0.6 is 0 Å². The summed E-state index contributed by atoms with van der Waals surface area (Å²) in [6, 6.07) is 2.46. The van der Waals surface area contributed by atoms with E-state index >= 15 is 0 Å². The molecule has 364 valence electrons. The van der Waals surface area contributed by atoms with E-state index in [1.54, 1.807) is 14.2 Å². The topological polar surface area (TPSA) is 204 Å². The lowest BCUT2D eigenvalue weighted by Gasteiger charge is -2.28. The molecule has 0 aromatic heterocycles. The Labute approximate surface area is 395 Å². The lowest BCUT2D eigenvalue weighted by molar-refractivity contribution is -0.123. The van der Waals surface area contributed by atoms with Gasteiger partial charge in [-0.05, 0) is 128 Å². The number of carbonyl (C=O) groups is 3. The van der Waals surface area contributed by atoms with Crippen LogP contribution in [0.3, 0.4) is 0 Å². The summed E-state index contributed by atoms with van der Waals surface area (Å²) >= 11 is 0. The zero-order valence-electron chi connectivity index (χ0n) is 40.0. The number of hydrogen-bond donors (Lipinski definition) is 4. The van der Waals surface area contributed by atoms with Crippen LogP contribution in [0.1, 0.15) is 112 Å². The predicted molar refractivity (Wildman–Crippen MR) is 262 cm³/mol. The standard InChI is InChI=1S/C54H65NO13/c1-28-20-36-37(22-30-10-11-31(21-30)38(59)8-6-14-67-18-16-64-3)53(63)47-41(62)25-34(27-57)43-44-33(26-56)24-40(61)46-49(44)50(45(36)48(43)47)51(42(28)29(2)58)54(66-5)52(46)55-35-13-12-32(23-35)39(60)9-7-15-68-19-17-65-4/h20,24-25,30-32,35,42,55-57,63H,6-19,21-23,26-27H2,1-5H3. The van der Waals surface area contributed by atoms with Crippen molar-refractivity contribution < 1.29 is 53.4 Å². The molecular formula is C54H65NO13. The minimum atomic E-state index is -0.895. The van der Waals surface area contributed by atoms with E-state index in [0.717, 1.165) is 6.42 Å². The Kier molecular flexibility index (Phi) is 15.4. The summed E-state index contributed by atoms with van der Waals surface area (Å²) in [5.41, 5.74) is 2.23. The number of aliphatic hydroxyl groups is 2. The molecule has 2 saturated carbocycles. The second kappa shape index (κ2) is 21.3. The van der Waals surface area contributed by atoms with Gasteiger partial charge >= 0.3 is 0 Å². The lowest BCUT2D eigenvalue weighted by Crippen LogP contribution is -2.22. The number of benzene rings is 5. The fourth-order valence-electron chi connectivity index (χ4n) is 11.9. The van der Waals surface area contributed by atoms with E-state index in [1.165, 1.54) is 26.2 Å². The van der Waals surface area contributed by atoms with E-state index in [2.05, 4.69) is 5.32 Å². The summed E-state index contributed by atoms with van der Waals surface area (Å²) in [6.07, 6.45) is 8.08. The van der Waals surface area contributed by atoms with Gasteiger partial charge in [-0.3, -0.25) is 24.0 Å². The maximum atomic E-state index is 14.8. The molecule has 3 aliphatic carbocycles. The van der Waals surface area contributed by atoms with Gasteiger partial charge in [0.05, 0.1) is 69.1 Å². The minimum Gasteiger partial charge on any atom is -0.507 e. The third-order valence-corrected chi connectivity index (χ3v) is 14.9. The number of ketones is 3. The van der Waals surface area contributed by atoms with Crippen molar-refractivity contribution in [3.63, 3.8) is 0 Å². The number of ether oxygens (including phenoxy) is 5. The van der Waals surface area contributed by atoms with E-state index in [-0.39, 0.29) is 74.5 Å². The Hall–Kier alpha value is -5.09. The fourth-order valence-corrected chi connectivity index (χ4v) is 11.9. The summed E-state index contributed by atoms with van der Waals surface area (Å²) in [4.78, 5) is 70.4. The zero-order valence-corrected chi connectivity index (χ0v) is 40.0. The second-order valence-corrected chi connectivity index (χ2v) is 19.2. The van der Waals surface area contributed by atoms with E-state index in [1.807, 2.05) is 13.0 Å². The Morgan fingerprint density at radius 1 is 0.691 bits per heavy atom. The molecule has 14 heteroatoms. The number of phenols is 1. The van der Waals surface area contributed by atoms with Gasteiger partial charge in [0.25, 0.3) is 0 Å². The molecule has 4 N–H and O–H groups in total. The molecular weight excluding hydrogens is 871 g/mol. The fraction of sp³-hybridized carbons (Fsp3) is 0.537. The van der Waals surface area contributed by atoms with Crippen LogP contribution in [0.25, 0.3) is 49.2 Å². The number of rotatable bonds is 24. The van der Waals surface area contributed by atoms with Crippen LogP contribution in [0.5, 0.6) is 11.5 Å². The molecule has 5 aromatic rings. The Morgan fingerprint density at radius 2 is 1.26 bits per heavy atom. The molecule has 2 fully saturated rings. The highest BCUT2D eigenvalue weighted by atomic mass is 16.5. The average Bonchev–Trinajstić information content (AvgIpc) is 3.97. The molecule has 0 amide bonds. The van der Waals surface area contributed by atoms with Crippen molar-refractivity contribution in [1.82, 2.24) is 0 Å². The van der Waals surface area contributed by atoms with Gasteiger partial charge in [0.2, 0.25) is 0 Å². The van der Waals surface area contributed by atoms with Gasteiger partial charge < -0.3 is 44.3 Å². The minimum absolute atomic E-state index is 0.0115. The molecule has 0 saturated heterocycles. The second-order valence-electron chi connectivity index (χ2n) is 19.2. The van der Waals surface area contributed by atoms with Crippen molar-refractivity contribution in [3.8, 4) is 11.5 Å². The highest BCUT2D eigenvalue weighted by Crippen LogP contribution is 2.57.